The number of anilines is 2. The van der Waals surface area contributed by atoms with Crippen molar-refractivity contribution >= 4 is 43.0 Å². The van der Waals surface area contributed by atoms with Crippen molar-refractivity contribution in [3.8, 4) is 5.75 Å². The molecule has 3 rings (SSSR count). The van der Waals surface area contributed by atoms with Gasteiger partial charge in [-0.3, -0.25) is 9.44 Å². The third-order valence-electron chi connectivity index (χ3n) is 3.73. The molecule has 3 aromatic rings. The van der Waals surface area contributed by atoms with Gasteiger partial charge in [-0.15, -0.1) is 0 Å². The van der Waals surface area contributed by atoms with Gasteiger partial charge in [0.25, 0.3) is 20.0 Å². The lowest BCUT2D eigenvalue weighted by molar-refractivity contribution is 0.477. The van der Waals surface area contributed by atoms with Crippen LogP contribution in [0.1, 0.15) is 0 Å². The van der Waals surface area contributed by atoms with Gasteiger partial charge in [0.1, 0.15) is 16.5 Å². The normalized spacial score (nSPS) is 11.8. The Labute approximate surface area is 171 Å². The summed E-state index contributed by atoms with van der Waals surface area (Å²) in [7, 11) is -8.54. The number of phenolic OH excluding ortho intramolecular Hbond substituents is 1. The van der Waals surface area contributed by atoms with Crippen LogP contribution in [-0.2, 0) is 20.0 Å². The van der Waals surface area contributed by atoms with E-state index in [0.717, 1.165) is 30.3 Å². The smallest absolute Gasteiger partial charge is 0.264 e. The molecule has 11 heteroatoms. The molecule has 0 aliphatic heterocycles. The largest absolute Gasteiger partial charge is 0.506 e. The second-order valence-electron chi connectivity index (χ2n) is 5.83. The highest BCUT2D eigenvalue weighted by Crippen LogP contribution is 2.30. The standard InChI is InChI=1S/C18H14ClFN2O5S2/c19-12-4-3-5-13(10-12)21-28(24,25)14-8-9-17(23)16(11-14)22-29(26,27)18-7-2-1-6-15(18)20/h1-11,21-23H. The Morgan fingerprint density at radius 2 is 1.55 bits per heavy atom. The fraction of sp³-hybridized carbons (Fsp3) is 0. The van der Waals surface area contributed by atoms with Gasteiger partial charge in [0.15, 0.2) is 0 Å². The second kappa shape index (κ2) is 7.90. The van der Waals surface area contributed by atoms with Gasteiger partial charge in [-0.2, -0.15) is 0 Å². The summed E-state index contributed by atoms with van der Waals surface area (Å²) in [4.78, 5) is -0.980. The molecule has 152 valence electrons. The van der Waals surface area contributed by atoms with Gasteiger partial charge in [0, 0.05) is 5.02 Å². The van der Waals surface area contributed by atoms with E-state index in [0.29, 0.717) is 5.02 Å². The lowest BCUT2D eigenvalue weighted by Crippen LogP contribution is -2.16. The van der Waals surface area contributed by atoms with Crippen LogP contribution in [0.4, 0.5) is 15.8 Å². The molecule has 3 N–H and O–H groups in total. The fourth-order valence-corrected chi connectivity index (χ4v) is 4.80. The van der Waals surface area contributed by atoms with Crippen molar-refractivity contribution < 1.29 is 26.3 Å². The fourth-order valence-electron chi connectivity index (χ4n) is 2.39. The highest BCUT2D eigenvalue weighted by molar-refractivity contribution is 7.93. The van der Waals surface area contributed by atoms with Crippen molar-refractivity contribution in [3.63, 3.8) is 0 Å². The van der Waals surface area contributed by atoms with Gasteiger partial charge < -0.3 is 5.11 Å². The number of hydrogen-bond donors (Lipinski definition) is 3. The lowest BCUT2D eigenvalue weighted by atomic mass is 10.3. The number of phenols is 1. The Hall–Kier alpha value is -2.82. The highest BCUT2D eigenvalue weighted by Gasteiger charge is 2.22. The molecule has 7 nitrogen and oxygen atoms in total. The van der Waals surface area contributed by atoms with Crippen LogP contribution in [0.3, 0.4) is 0 Å². The summed E-state index contributed by atoms with van der Waals surface area (Å²) >= 11 is 5.83. The zero-order valence-corrected chi connectivity index (χ0v) is 16.9. The molecule has 0 aliphatic rings. The van der Waals surface area contributed by atoms with Crippen molar-refractivity contribution in [2.24, 2.45) is 0 Å². The Bertz CT molecular complexity index is 1280. The number of rotatable bonds is 6. The van der Waals surface area contributed by atoms with Crippen molar-refractivity contribution in [3.05, 3.63) is 77.6 Å². The van der Waals surface area contributed by atoms with E-state index < -0.39 is 42.2 Å². The lowest BCUT2D eigenvalue weighted by Gasteiger charge is -2.13. The van der Waals surface area contributed by atoms with Crippen LogP contribution in [0, 0.1) is 5.82 Å². The summed E-state index contributed by atoms with van der Waals surface area (Å²) in [5.74, 6) is -1.53. The van der Waals surface area contributed by atoms with Gasteiger partial charge in [-0.1, -0.05) is 29.8 Å². The van der Waals surface area contributed by atoms with E-state index >= 15 is 0 Å². The summed E-state index contributed by atoms with van der Waals surface area (Å²) in [6.45, 7) is 0. The van der Waals surface area contributed by atoms with E-state index in [1.165, 1.54) is 24.3 Å². The Morgan fingerprint density at radius 1 is 0.828 bits per heavy atom. The maximum atomic E-state index is 13.8. The molecule has 0 bridgehead atoms. The first-order chi connectivity index (χ1) is 13.6. The first-order valence-electron chi connectivity index (χ1n) is 7.97. The molecule has 3 aromatic carbocycles. The second-order valence-corrected chi connectivity index (χ2v) is 9.60. The number of sulfonamides is 2. The van der Waals surface area contributed by atoms with Gasteiger partial charge >= 0.3 is 0 Å². The van der Waals surface area contributed by atoms with Crippen LogP contribution < -0.4 is 9.44 Å². The molecule has 0 aromatic heterocycles. The van der Waals surface area contributed by atoms with Gasteiger partial charge in [0.2, 0.25) is 0 Å². The SMILES string of the molecule is O=S(=O)(Nc1cccc(Cl)c1)c1ccc(O)c(NS(=O)(=O)c2ccccc2F)c1. The Balaban J connectivity index is 1.95. The average molecular weight is 457 g/mol. The summed E-state index contributed by atoms with van der Waals surface area (Å²) < 4.78 is 68.2. The van der Waals surface area contributed by atoms with E-state index in [4.69, 9.17) is 11.6 Å². The monoisotopic (exact) mass is 456 g/mol. The predicted molar refractivity (Wildman–Crippen MR) is 108 cm³/mol. The van der Waals surface area contributed by atoms with Gasteiger partial charge in [-0.25, -0.2) is 21.2 Å². The van der Waals surface area contributed by atoms with Crippen molar-refractivity contribution in [1.29, 1.82) is 0 Å². The van der Waals surface area contributed by atoms with E-state index in [2.05, 4.69) is 4.72 Å². The minimum Gasteiger partial charge on any atom is -0.506 e. The predicted octanol–water partition coefficient (Wildman–Crippen LogP) is 3.79. The molecule has 0 radical (unpaired) electrons. The minimum atomic E-state index is -4.41. The molecule has 0 amide bonds. The highest BCUT2D eigenvalue weighted by atomic mass is 35.5. The quantitative estimate of drug-likeness (QED) is 0.488. The van der Waals surface area contributed by atoms with Crippen LogP contribution in [0.5, 0.6) is 5.75 Å². The van der Waals surface area contributed by atoms with Crippen molar-refractivity contribution in [2.75, 3.05) is 9.44 Å². The van der Waals surface area contributed by atoms with Crippen LogP contribution in [0.15, 0.2) is 76.5 Å². The minimum absolute atomic E-state index is 0.194. The molecular formula is C18H14ClFN2O5S2. The third kappa shape index (κ3) is 4.78. The van der Waals surface area contributed by atoms with Gasteiger partial charge in [0.05, 0.1) is 16.3 Å². The molecule has 0 saturated heterocycles. The average Bonchev–Trinajstić information content (AvgIpc) is 2.63. The molecule has 29 heavy (non-hydrogen) atoms. The number of benzene rings is 3. The third-order valence-corrected chi connectivity index (χ3v) is 6.74. The first-order valence-corrected chi connectivity index (χ1v) is 11.3. The first kappa shape index (κ1) is 20.9. The number of hydrogen-bond acceptors (Lipinski definition) is 5. The molecule has 0 unspecified atom stereocenters. The number of nitrogens with one attached hydrogen (secondary N) is 2. The molecule has 0 aliphatic carbocycles. The van der Waals surface area contributed by atoms with E-state index in [1.54, 1.807) is 12.1 Å². The van der Waals surface area contributed by atoms with Crippen LogP contribution in [0.2, 0.25) is 5.02 Å². The number of aromatic hydroxyl groups is 1. The maximum absolute atomic E-state index is 13.8. The van der Waals surface area contributed by atoms with Crippen LogP contribution in [0.25, 0.3) is 0 Å². The molecule has 0 saturated carbocycles. The summed E-state index contributed by atoms with van der Waals surface area (Å²) in [5.41, 5.74) is -0.235. The molecule has 0 atom stereocenters. The molecular weight excluding hydrogens is 443 g/mol. The zero-order valence-electron chi connectivity index (χ0n) is 14.5. The van der Waals surface area contributed by atoms with Crippen molar-refractivity contribution in [1.82, 2.24) is 0 Å². The van der Waals surface area contributed by atoms with E-state index in [9.17, 15) is 26.3 Å². The van der Waals surface area contributed by atoms with Gasteiger partial charge in [-0.05, 0) is 48.5 Å². The summed E-state index contributed by atoms with van der Waals surface area (Å²) in [5, 5.41) is 10.3. The zero-order chi connectivity index (χ0) is 21.2. The molecule has 0 heterocycles. The maximum Gasteiger partial charge on any atom is 0.264 e. The van der Waals surface area contributed by atoms with Crippen molar-refractivity contribution in [2.45, 2.75) is 9.79 Å². The molecule has 0 fully saturated rings. The number of halogens is 2. The topological polar surface area (TPSA) is 113 Å². The summed E-state index contributed by atoms with van der Waals surface area (Å²) in [6, 6.07) is 13.6. The Morgan fingerprint density at radius 3 is 2.24 bits per heavy atom. The van der Waals surface area contributed by atoms with Crippen LogP contribution in [-0.4, -0.2) is 21.9 Å². The molecule has 0 spiro atoms. The van der Waals surface area contributed by atoms with Crippen LogP contribution >= 0.6 is 11.6 Å². The summed E-state index contributed by atoms with van der Waals surface area (Å²) in [6.07, 6.45) is 0. The van der Waals surface area contributed by atoms with E-state index in [-0.39, 0.29) is 10.6 Å². The Kier molecular flexibility index (Phi) is 5.69. The van der Waals surface area contributed by atoms with E-state index in [1.807, 2.05) is 4.72 Å².